The normalized spacial score (nSPS) is 16.7. The molecule has 0 N–H and O–H groups in total. The highest BCUT2D eigenvalue weighted by atomic mass is 16.5. The van der Waals surface area contributed by atoms with Gasteiger partial charge in [0.25, 0.3) is 5.56 Å². The van der Waals surface area contributed by atoms with Crippen molar-refractivity contribution in [2.75, 3.05) is 6.54 Å². The Kier molecular flexibility index (Phi) is 6.09. The Labute approximate surface area is 178 Å². The fraction of sp³-hybridized carbons (Fsp3) is 0.400. The Balaban J connectivity index is 1.65. The first-order valence-corrected chi connectivity index (χ1v) is 10.9. The van der Waals surface area contributed by atoms with E-state index in [4.69, 9.17) is 4.74 Å². The monoisotopic (exact) mass is 405 g/mol. The minimum atomic E-state index is 0.0600. The minimum Gasteiger partial charge on any atom is -0.489 e. The van der Waals surface area contributed by atoms with Gasteiger partial charge in [0.1, 0.15) is 11.9 Å². The molecule has 5 nitrogen and oxygen atoms in total. The van der Waals surface area contributed by atoms with Crippen LogP contribution in [-0.4, -0.2) is 26.9 Å². The molecule has 0 fully saturated rings. The van der Waals surface area contributed by atoms with E-state index in [-0.39, 0.29) is 11.7 Å². The van der Waals surface area contributed by atoms with Crippen molar-refractivity contribution in [3.8, 4) is 11.4 Å². The van der Waals surface area contributed by atoms with E-state index in [1.807, 2.05) is 55.1 Å². The van der Waals surface area contributed by atoms with Gasteiger partial charge in [0.05, 0.1) is 11.3 Å². The lowest BCUT2D eigenvalue weighted by molar-refractivity contribution is 0.133. The van der Waals surface area contributed by atoms with Crippen LogP contribution in [0.15, 0.2) is 59.4 Å². The summed E-state index contributed by atoms with van der Waals surface area (Å²) in [6, 6.07) is 18.1. The maximum atomic E-state index is 13.4. The summed E-state index contributed by atoms with van der Waals surface area (Å²) in [5.41, 5.74) is 4.00. The second kappa shape index (κ2) is 8.92. The number of fused-ring (bicyclic) bond motifs is 1. The molecule has 158 valence electrons. The van der Waals surface area contributed by atoms with Gasteiger partial charge in [0.2, 0.25) is 0 Å². The zero-order valence-corrected chi connectivity index (χ0v) is 18.2. The molecule has 1 aromatic heterocycles. The lowest BCUT2D eigenvalue weighted by Crippen LogP contribution is -2.34. The molecule has 0 aliphatic carbocycles. The summed E-state index contributed by atoms with van der Waals surface area (Å²) in [5, 5.41) is 0. The fourth-order valence-electron chi connectivity index (χ4n) is 4.29. The van der Waals surface area contributed by atoms with Crippen LogP contribution in [-0.2, 0) is 20.1 Å². The Morgan fingerprint density at radius 3 is 2.57 bits per heavy atom. The molecule has 0 spiro atoms. The van der Waals surface area contributed by atoms with Gasteiger partial charge in [-0.15, -0.1) is 0 Å². The largest absolute Gasteiger partial charge is 0.489 e. The van der Waals surface area contributed by atoms with Gasteiger partial charge in [0, 0.05) is 37.9 Å². The molecule has 30 heavy (non-hydrogen) atoms. The van der Waals surface area contributed by atoms with E-state index in [9.17, 15) is 4.79 Å². The average molecular weight is 406 g/mol. The van der Waals surface area contributed by atoms with Gasteiger partial charge in [-0.05, 0) is 38.0 Å². The summed E-state index contributed by atoms with van der Waals surface area (Å²) in [5.74, 6) is 0.979. The number of hydrogen-bond acceptors (Lipinski definition) is 3. The molecule has 1 unspecified atom stereocenters. The third-order valence-electron chi connectivity index (χ3n) is 6.06. The van der Waals surface area contributed by atoms with E-state index in [1.165, 1.54) is 5.56 Å². The Morgan fingerprint density at radius 2 is 1.80 bits per heavy atom. The molecule has 0 radical (unpaired) electrons. The van der Waals surface area contributed by atoms with Crippen LogP contribution in [0, 0.1) is 6.92 Å². The molecule has 2 heterocycles. The molecule has 0 amide bonds. The third-order valence-corrected chi connectivity index (χ3v) is 6.06. The smallest absolute Gasteiger partial charge is 0.276 e. The van der Waals surface area contributed by atoms with Gasteiger partial charge in [-0.25, -0.2) is 4.68 Å². The summed E-state index contributed by atoms with van der Waals surface area (Å²) in [4.78, 5) is 15.7. The summed E-state index contributed by atoms with van der Waals surface area (Å²) in [7, 11) is 1.96. The second-order valence-electron chi connectivity index (χ2n) is 8.20. The van der Waals surface area contributed by atoms with E-state index < -0.39 is 0 Å². The van der Waals surface area contributed by atoms with Crippen LogP contribution in [0.4, 0.5) is 0 Å². The van der Waals surface area contributed by atoms with Crippen molar-refractivity contribution < 1.29 is 4.74 Å². The van der Waals surface area contributed by atoms with Crippen LogP contribution >= 0.6 is 0 Å². The van der Waals surface area contributed by atoms with Crippen molar-refractivity contribution in [1.82, 2.24) is 14.3 Å². The van der Waals surface area contributed by atoms with Gasteiger partial charge in [0.15, 0.2) is 0 Å². The lowest BCUT2D eigenvalue weighted by Gasteiger charge is -2.23. The maximum absolute atomic E-state index is 13.4. The number of unbranched alkanes of at least 4 members (excludes halogenated alkanes) is 1. The molecule has 5 heteroatoms. The van der Waals surface area contributed by atoms with Crippen molar-refractivity contribution in [2.24, 2.45) is 7.05 Å². The topological polar surface area (TPSA) is 39.4 Å². The molecule has 0 saturated carbocycles. The maximum Gasteiger partial charge on any atom is 0.276 e. The van der Waals surface area contributed by atoms with Gasteiger partial charge < -0.3 is 4.74 Å². The summed E-state index contributed by atoms with van der Waals surface area (Å²) in [6.45, 7) is 6.49. The van der Waals surface area contributed by atoms with E-state index in [0.717, 1.165) is 55.0 Å². The molecular formula is C25H31N3O2. The first kappa shape index (κ1) is 20.5. The van der Waals surface area contributed by atoms with E-state index in [0.29, 0.717) is 6.54 Å². The Hall–Kier alpha value is -2.79. The molecule has 0 saturated heterocycles. The molecule has 0 bridgehead atoms. The van der Waals surface area contributed by atoms with Crippen LogP contribution < -0.4 is 10.3 Å². The zero-order valence-electron chi connectivity index (χ0n) is 18.2. The van der Waals surface area contributed by atoms with Crippen molar-refractivity contribution in [3.63, 3.8) is 0 Å². The van der Waals surface area contributed by atoms with Crippen molar-refractivity contribution in [3.05, 3.63) is 81.8 Å². The summed E-state index contributed by atoms with van der Waals surface area (Å²) in [6.07, 6.45) is 3.48. The average Bonchev–Trinajstić information content (AvgIpc) is 2.89. The van der Waals surface area contributed by atoms with Crippen LogP contribution in [0.5, 0.6) is 5.75 Å². The fourth-order valence-corrected chi connectivity index (χ4v) is 4.29. The third kappa shape index (κ3) is 4.08. The standard InChI is InChI=1S/C25H31N3O2/c1-4-5-14-22-17-27(16-20-11-9-10-15-24(20)30-22)18-23-19(2)26(3)28(25(23)29)21-12-7-6-8-13-21/h6-13,15,22H,4-5,14,16-18H2,1-3H3. The van der Waals surface area contributed by atoms with E-state index in [1.54, 1.807) is 4.68 Å². The quantitative estimate of drug-likeness (QED) is 0.609. The zero-order chi connectivity index (χ0) is 21.1. The van der Waals surface area contributed by atoms with Crippen LogP contribution in [0.1, 0.15) is 43.0 Å². The predicted octanol–water partition coefficient (Wildman–Crippen LogP) is 4.44. The van der Waals surface area contributed by atoms with Crippen LogP contribution in [0.2, 0.25) is 0 Å². The van der Waals surface area contributed by atoms with Gasteiger partial charge in [-0.1, -0.05) is 49.7 Å². The number of benzene rings is 2. The minimum absolute atomic E-state index is 0.0600. The SMILES string of the molecule is CCCCC1CN(Cc2c(C)n(C)n(-c3ccccc3)c2=O)Cc2ccccc2O1. The molecular weight excluding hydrogens is 374 g/mol. The first-order valence-electron chi connectivity index (χ1n) is 10.9. The van der Waals surface area contributed by atoms with E-state index >= 15 is 0 Å². The summed E-state index contributed by atoms with van der Waals surface area (Å²) < 4.78 is 10.1. The molecule has 1 atom stereocenters. The number of hydrogen-bond donors (Lipinski definition) is 0. The summed E-state index contributed by atoms with van der Waals surface area (Å²) >= 11 is 0. The highest BCUT2D eigenvalue weighted by Gasteiger charge is 2.25. The highest BCUT2D eigenvalue weighted by Crippen LogP contribution is 2.27. The second-order valence-corrected chi connectivity index (χ2v) is 8.20. The van der Waals surface area contributed by atoms with Crippen LogP contribution in [0.25, 0.3) is 5.69 Å². The Morgan fingerprint density at radius 1 is 1.07 bits per heavy atom. The van der Waals surface area contributed by atoms with Crippen LogP contribution in [0.3, 0.4) is 0 Å². The predicted molar refractivity (Wildman–Crippen MR) is 120 cm³/mol. The number of ether oxygens (including phenoxy) is 1. The van der Waals surface area contributed by atoms with Crippen molar-refractivity contribution in [2.45, 2.75) is 52.3 Å². The molecule has 3 aromatic rings. The van der Waals surface area contributed by atoms with Gasteiger partial charge in [-0.2, -0.15) is 0 Å². The first-order chi connectivity index (χ1) is 14.6. The van der Waals surface area contributed by atoms with Gasteiger partial charge >= 0.3 is 0 Å². The number of para-hydroxylation sites is 2. The Bertz CT molecular complexity index is 1050. The number of aromatic nitrogens is 2. The highest BCUT2D eigenvalue weighted by molar-refractivity contribution is 5.35. The van der Waals surface area contributed by atoms with Crippen molar-refractivity contribution >= 4 is 0 Å². The van der Waals surface area contributed by atoms with E-state index in [2.05, 4.69) is 30.0 Å². The number of nitrogens with zero attached hydrogens (tertiary/aromatic N) is 3. The molecule has 2 aromatic carbocycles. The lowest BCUT2D eigenvalue weighted by atomic mass is 10.1. The molecule has 1 aliphatic rings. The molecule has 1 aliphatic heterocycles. The van der Waals surface area contributed by atoms with Crippen molar-refractivity contribution in [1.29, 1.82) is 0 Å². The molecule has 4 rings (SSSR count). The van der Waals surface area contributed by atoms with Gasteiger partial charge in [-0.3, -0.25) is 14.4 Å². The number of rotatable bonds is 6.